The van der Waals surface area contributed by atoms with E-state index in [9.17, 15) is 33.6 Å². The van der Waals surface area contributed by atoms with Gasteiger partial charge >= 0.3 is 5.97 Å². The number of amides is 1. The summed E-state index contributed by atoms with van der Waals surface area (Å²) in [5, 5.41) is 54.9. The zero-order chi connectivity index (χ0) is 38.2. The van der Waals surface area contributed by atoms with E-state index >= 15 is 0 Å². The van der Waals surface area contributed by atoms with Crippen molar-refractivity contribution in [3.8, 4) is 5.75 Å². The number of aromatic amines is 1. The molecule has 0 saturated carbocycles. The fraction of sp³-hybridized carbons (Fsp3) is 0.514. The van der Waals surface area contributed by atoms with Gasteiger partial charge in [0.1, 0.15) is 19.1 Å². The molecule has 4 heterocycles. The highest BCUT2D eigenvalue weighted by molar-refractivity contribution is 7.89. The van der Waals surface area contributed by atoms with Crippen molar-refractivity contribution in [2.24, 2.45) is 11.8 Å². The van der Waals surface area contributed by atoms with Crippen LogP contribution in [0.15, 0.2) is 58.9 Å². The quantitative estimate of drug-likeness (QED) is 0.0768. The summed E-state index contributed by atoms with van der Waals surface area (Å²) < 4.78 is 51.7. The molecule has 16 nitrogen and oxygen atoms in total. The van der Waals surface area contributed by atoms with Gasteiger partial charge < -0.3 is 39.5 Å². The zero-order valence-corrected chi connectivity index (χ0v) is 31.4. The van der Waals surface area contributed by atoms with E-state index in [4.69, 9.17) is 18.9 Å². The highest BCUT2D eigenvalue weighted by Gasteiger charge is 2.73. The number of carbonyl (C=O) groups excluding carboxylic acids is 1. The van der Waals surface area contributed by atoms with E-state index in [0.29, 0.717) is 28.6 Å². The number of rotatable bonds is 17. The predicted molar refractivity (Wildman–Crippen MR) is 190 cm³/mol. The molecule has 0 bridgehead atoms. The fourth-order valence-electron chi connectivity index (χ4n) is 6.86. The minimum absolute atomic E-state index is 0.00213. The largest absolute Gasteiger partial charge is 0.487 e. The lowest BCUT2D eigenvalue weighted by molar-refractivity contribution is -0.459. The molecule has 18 heteroatoms. The summed E-state index contributed by atoms with van der Waals surface area (Å²) in [5.41, 5.74) is 2.10. The van der Waals surface area contributed by atoms with Gasteiger partial charge in [0.15, 0.2) is 5.79 Å². The first-order valence-electron chi connectivity index (χ1n) is 17.1. The summed E-state index contributed by atoms with van der Waals surface area (Å²) in [7, 11) is -4.16. The normalized spacial score (nSPS) is 23.8. The van der Waals surface area contributed by atoms with Crippen LogP contribution in [-0.4, -0.2) is 116 Å². The summed E-state index contributed by atoms with van der Waals surface area (Å²) in [5.74, 6) is -8.11. The van der Waals surface area contributed by atoms with Crippen LogP contribution in [0.3, 0.4) is 0 Å². The molecule has 53 heavy (non-hydrogen) atoms. The number of thiazole rings is 1. The van der Waals surface area contributed by atoms with Gasteiger partial charge in [-0.25, -0.2) is 13.4 Å². The summed E-state index contributed by atoms with van der Waals surface area (Å²) in [6, 6.07) is 10.4. The Morgan fingerprint density at radius 1 is 1.15 bits per heavy atom. The molecule has 2 aromatic carbocycles. The summed E-state index contributed by atoms with van der Waals surface area (Å²) in [4.78, 5) is 18.2. The molecule has 5 unspecified atom stereocenters. The third-order valence-electron chi connectivity index (χ3n) is 9.58. The number of hydrogen-bond acceptors (Lipinski definition) is 14. The second-order valence-electron chi connectivity index (χ2n) is 14.0. The number of aliphatic hydroxyl groups is 4. The van der Waals surface area contributed by atoms with Crippen molar-refractivity contribution in [2.75, 3.05) is 26.4 Å². The lowest BCUT2D eigenvalue weighted by Gasteiger charge is -2.38. The molecule has 2 aliphatic rings. The van der Waals surface area contributed by atoms with E-state index in [1.165, 1.54) is 40.9 Å². The highest BCUT2D eigenvalue weighted by atomic mass is 32.2. The van der Waals surface area contributed by atoms with Crippen molar-refractivity contribution in [3.63, 3.8) is 0 Å². The van der Waals surface area contributed by atoms with E-state index in [2.05, 4.69) is 15.2 Å². The number of carbonyl (C=O) groups is 1. The number of aliphatic hydroxyl groups excluding tert-OH is 1. The van der Waals surface area contributed by atoms with Crippen LogP contribution in [0, 0.1) is 18.8 Å². The van der Waals surface area contributed by atoms with Gasteiger partial charge in [0.2, 0.25) is 16.4 Å². The van der Waals surface area contributed by atoms with Crippen LogP contribution in [0.4, 0.5) is 0 Å². The number of H-pyrrole nitrogens is 1. The molecular formula is C35H45N5O11S2. The van der Waals surface area contributed by atoms with Gasteiger partial charge in [-0.05, 0) is 68.5 Å². The predicted octanol–water partition coefficient (Wildman–Crippen LogP) is 2.07. The number of benzene rings is 2. The van der Waals surface area contributed by atoms with Crippen LogP contribution in [0.1, 0.15) is 43.5 Å². The van der Waals surface area contributed by atoms with Crippen LogP contribution < -0.4 is 4.74 Å². The first-order chi connectivity index (χ1) is 25.0. The van der Waals surface area contributed by atoms with Crippen LogP contribution in [0.25, 0.3) is 10.9 Å². The molecule has 1 amide bonds. The van der Waals surface area contributed by atoms with E-state index < -0.39 is 58.9 Å². The Bertz CT molecular complexity index is 1990. The zero-order valence-electron chi connectivity index (χ0n) is 29.8. The average Bonchev–Trinajstić information content (AvgIpc) is 3.87. The number of ether oxygens (including phenoxy) is 4. The molecule has 0 radical (unpaired) electrons. The molecule has 6 rings (SSSR count). The number of nitrogens with one attached hydrogen (secondary N) is 1. The Morgan fingerprint density at radius 2 is 1.91 bits per heavy atom. The minimum atomic E-state index is -4.16. The molecule has 0 spiro atoms. The Balaban J connectivity index is 1.26. The Morgan fingerprint density at radius 3 is 2.58 bits per heavy atom. The average molecular weight is 776 g/mol. The van der Waals surface area contributed by atoms with Crippen LogP contribution >= 0.6 is 11.3 Å². The van der Waals surface area contributed by atoms with Gasteiger partial charge in [0, 0.05) is 23.9 Å². The summed E-state index contributed by atoms with van der Waals surface area (Å²) in [6.45, 7) is 6.35. The van der Waals surface area contributed by atoms with Crippen molar-refractivity contribution in [2.45, 2.75) is 81.7 Å². The maximum atomic E-state index is 14.1. The van der Waals surface area contributed by atoms with Gasteiger partial charge in [-0.2, -0.15) is 9.40 Å². The number of fused-ring (bicyclic) bond motifs is 2. The third kappa shape index (κ3) is 8.12. The topological polar surface area (TPSA) is 217 Å². The molecule has 2 saturated heterocycles. The number of aromatic nitrogens is 3. The van der Waals surface area contributed by atoms with Gasteiger partial charge in [-0.3, -0.25) is 14.6 Å². The number of hydrogen-bond donors (Lipinski definition) is 5. The molecule has 4 aromatic rings. The van der Waals surface area contributed by atoms with Crippen molar-refractivity contribution in [3.05, 3.63) is 70.3 Å². The molecule has 288 valence electrons. The molecule has 0 aliphatic carbocycles. The Hall–Kier alpha value is -3.56. The first kappa shape index (κ1) is 39.1. The molecule has 5 N–H and O–H groups in total. The van der Waals surface area contributed by atoms with E-state index in [1.807, 2.05) is 26.2 Å². The second-order valence-corrected chi connectivity index (χ2v) is 17.0. The lowest BCUT2D eigenvalue weighted by atomic mass is 9.91. The van der Waals surface area contributed by atoms with Gasteiger partial charge in [-0.1, -0.05) is 26.0 Å². The monoisotopic (exact) mass is 775 g/mol. The number of aryl methyl sites for hydroxylation is 1. The standard InChI is InChI=1S/C35H45N5O11S2/c1-22(2)16-40(53(46,47)28-9-10-29-25(14-28)15-36-38-29)17-31(42)30(13-24-5-7-27(8-6-24)48-18-26-19-52-23(3)37-26)39(20-41)21-50-34(43)32-11-12-49-33(32,4)51-35(34,44)45/h5-10,14-15,19-20,22,30-32,42-45H,11-13,16-18,21H2,1-4H3,(H,36,38). The lowest BCUT2D eigenvalue weighted by Crippen LogP contribution is -2.59. The molecule has 2 aromatic heterocycles. The number of sulfonamides is 1. The summed E-state index contributed by atoms with van der Waals surface area (Å²) >= 11 is 1.52. The Kier molecular flexibility index (Phi) is 11.3. The Labute approximate surface area is 310 Å². The molecule has 2 aliphatic heterocycles. The smallest absolute Gasteiger partial charge is 0.338 e. The van der Waals surface area contributed by atoms with Crippen molar-refractivity contribution < 1.29 is 52.6 Å². The third-order valence-corrected chi connectivity index (χ3v) is 12.2. The highest BCUT2D eigenvalue weighted by Crippen LogP contribution is 2.53. The minimum Gasteiger partial charge on any atom is -0.487 e. The fourth-order valence-corrected chi connectivity index (χ4v) is 9.11. The maximum absolute atomic E-state index is 14.1. The molecule has 2 fully saturated rings. The van der Waals surface area contributed by atoms with E-state index in [-0.39, 0.29) is 43.4 Å². The van der Waals surface area contributed by atoms with Crippen molar-refractivity contribution in [1.82, 2.24) is 24.4 Å². The van der Waals surface area contributed by atoms with Gasteiger partial charge in [0.25, 0.3) is 5.79 Å². The summed E-state index contributed by atoms with van der Waals surface area (Å²) in [6.07, 6.45) is 0.567. The second kappa shape index (κ2) is 15.3. The van der Waals surface area contributed by atoms with Crippen LogP contribution in [0.5, 0.6) is 5.75 Å². The van der Waals surface area contributed by atoms with Crippen LogP contribution in [0.2, 0.25) is 0 Å². The molecule has 5 atom stereocenters. The van der Waals surface area contributed by atoms with Crippen molar-refractivity contribution >= 4 is 38.7 Å². The van der Waals surface area contributed by atoms with Gasteiger partial charge in [-0.15, -0.1) is 11.3 Å². The SMILES string of the molecule is Cc1nc(COc2ccc(CC(C(O)CN(CC(C)C)S(=O)(=O)c3ccc4[nH]ncc4c3)N(C=O)COC3(O)C4CCOC4(C)OC3(O)O)cc2)cs1. The van der Waals surface area contributed by atoms with Gasteiger partial charge in [0.05, 0.1) is 52.0 Å². The number of nitrogens with zero attached hydrogens (tertiary/aromatic N) is 4. The van der Waals surface area contributed by atoms with Crippen LogP contribution in [-0.2, 0) is 42.1 Å². The first-order valence-corrected chi connectivity index (χ1v) is 19.5. The molecular weight excluding hydrogens is 731 g/mol. The van der Waals surface area contributed by atoms with Crippen molar-refractivity contribution in [1.29, 1.82) is 0 Å². The maximum Gasteiger partial charge on any atom is 0.338 e. The van der Waals surface area contributed by atoms with E-state index in [0.717, 1.165) is 15.6 Å². The van der Waals surface area contributed by atoms with E-state index in [1.54, 1.807) is 30.3 Å².